The molecule has 0 aliphatic carbocycles. The van der Waals surface area contributed by atoms with E-state index in [-0.39, 0.29) is 0 Å². The third-order valence-electron chi connectivity index (χ3n) is 1.97. The molecule has 0 aliphatic rings. The Kier molecular flexibility index (Phi) is 4.41. The van der Waals surface area contributed by atoms with Crippen LogP contribution >= 0.6 is 0 Å². The maximum Gasteiger partial charge on any atom is 0.122 e. The van der Waals surface area contributed by atoms with Crippen LogP contribution in [0.25, 0.3) is 0 Å². The van der Waals surface area contributed by atoms with Crippen molar-refractivity contribution in [1.82, 2.24) is 0 Å². The monoisotopic (exact) mass is 204 g/mol. The van der Waals surface area contributed by atoms with Gasteiger partial charge in [-0.2, -0.15) is 5.10 Å². The van der Waals surface area contributed by atoms with E-state index in [4.69, 9.17) is 10.6 Å². The quantitative estimate of drug-likeness (QED) is 0.345. The first-order valence-corrected chi connectivity index (χ1v) is 4.91. The molecule has 80 valence electrons. The Morgan fingerprint density at radius 1 is 1.53 bits per heavy atom. The van der Waals surface area contributed by atoms with Crippen molar-refractivity contribution < 1.29 is 4.74 Å². The molecule has 0 fully saturated rings. The van der Waals surface area contributed by atoms with Crippen molar-refractivity contribution in [2.45, 2.75) is 13.3 Å². The molecule has 0 unspecified atom stereocenters. The highest BCUT2D eigenvalue weighted by Crippen LogP contribution is 2.20. The first kappa shape index (κ1) is 11.3. The second kappa shape index (κ2) is 5.86. The van der Waals surface area contributed by atoms with Crippen molar-refractivity contribution in [2.24, 2.45) is 10.9 Å². The van der Waals surface area contributed by atoms with Gasteiger partial charge in [0.25, 0.3) is 0 Å². The van der Waals surface area contributed by atoms with Crippen LogP contribution in [-0.4, -0.2) is 12.8 Å². The maximum absolute atomic E-state index is 5.50. The molecule has 1 aromatic rings. The van der Waals surface area contributed by atoms with Gasteiger partial charge in [-0.15, -0.1) is 6.58 Å². The fraction of sp³-hybridized carbons (Fsp3) is 0.250. The lowest BCUT2D eigenvalue weighted by molar-refractivity contribution is 0.337. The maximum atomic E-state index is 5.50. The van der Waals surface area contributed by atoms with E-state index in [0.717, 1.165) is 23.3 Å². The third-order valence-corrected chi connectivity index (χ3v) is 1.97. The molecule has 3 heteroatoms. The number of hydrogen-bond donors (Lipinski definition) is 1. The van der Waals surface area contributed by atoms with Crippen LogP contribution in [0.15, 0.2) is 36.0 Å². The molecule has 0 spiro atoms. The summed E-state index contributed by atoms with van der Waals surface area (Å²) in [6.45, 7) is 6.35. The number of ether oxygens (including phenoxy) is 1. The van der Waals surface area contributed by atoms with Crippen LogP contribution in [0.2, 0.25) is 0 Å². The topological polar surface area (TPSA) is 47.6 Å². The summed E-state index contributed by atoms with van der Waals surface area (Å²) in [4.78, 5) is 0. The summed E-state index contributed by atoms with van der Waals surface area (Å²) in [5.74, 6) is 5.99. The number of hydrogen-bond acceptors (Lipinski definition) is 3. The molecule has 15 heavy (non-hydrogen) atoms. The van der Waals surface area contributed by atoms with E-state index >= 15 is 0 Å². The van der Waals surface area contributed by atoms with Crippen LogP contribution in [0, 0.1) is 0 Å². The molecule has 0 saturated carbocycles. The Hall–Kier alpha value is -1.77. The Labute approximate surface area is 90.3 Å². The molecular weight excluding hydrogens is 188 g/mol. The predicted octanol–water partition coefficient (Wildman–Crippen LogP) is 2.11. The highest BCUT2D eigenvalue weighted by molar-refractivity contribution is 5.80. The van der Waals surface area contributed by atoms with Crippen molar-refractivity contribution in [2.75, 3.05) is 6.61 Å². The molecule has 1 aromatic carbocycles. The SMILES string of the molecule is C=CCc1cc(C=NN)ccc1OCC. The van der Waals surface area contributed by atoms with Crippen molar-refractivity contribution >= 4 is 6.21 Å². The predicted molar refractivity (Wildman–Crippen MR) is 63.3 cm³/mol. The van der Waals surface area contributed by atoms with Crippen LogP contribution in [0.5, 0.6) is 5.75 Å². The number of benzene rings is 1. The molecule has 0 heterocycles. The second-order valence-electron chi connectivity index (χ2n) is 3.07. The molecule has 0 saturated heterocycles. The number of allylic oxidation sites excluding steroid dienone is 1. The standard InChI is InChI=1S/C12H16N2O/c1-3-5-11-8-10(9-14-13)6-7-12(11)15-4-2/h3,6-9H,1,4-5,13H2,2H3. The Bertz CT molecular complexity index is 359. The van der Waals surface area contributed by atoms with Gasteiger partial charge >= 0.3 is 0 Å². The Balaban J connectivity index is 3.02. The number of hydrazone groups is 1. The van der Waals surface area contributed by atoms with Crippen LogP contribution in [-0.2, 0) is 6.42 Å². The number of nitrogens with zero attached hydrogens (tertiary/aromatic N) is 1. The van der Waals surface area contributed by atoms with E-state index in [1.807, 2.05) is 31.2 Å². The van der Waals surface area contributed by atoms with Crippen LogP contribution in [0.4, 0.5) is 0 Å². The molecular formula is C12H16N2O. The fourth-order valence-corrected chi connectivity index (χ4v) is 1.38. The van der Waals surface area contributed by atoms with Crippen molar-refractivity contribution in [1.29, 1.82) is 0 Å². The summed E-state index contributed by atoms with van der Waals surface area (Å²) in [6.07, 6.45) is 4.24. The van der Waals surface area contributed by atoms with Gasteiger partial charge in [0, 0.05) is 0 Å². The lowest BCUT2D eigenvalue weighted by atomic mass is 10.1. The van der Waals surface area contributed by atoms with Gasteiger partial charge in [-0.3, -0.25) is 0 Å². The van der Waals surface area contributed by atoms with E-state index in [1.54, 1.807) is 6.21 Å². The van der Waals surface area contributed by atoms with Gasteiger partial charge in [-0.25, -0.2) is 0 Å². The minimum atomic E-state index is 0.661. The zero-order chi connectivity index (χ0) is 11.1. The molecule has 0 atom stereocenters. The summed E-state index contributed by atoms with van der Waals surface area (Å²) in [5.41, 5.74) is 2.07. The van der Waals surface area contributed by atoms with Gasteiger partial charge < -0.3 is 10.6 Å². The van der Waals surface area contributed by atoms with Crippen LogP contribution in [0.3, 0.4) is 0 Å². The molecule has 0 radical (unpaired) electrons. The van der Waals surface area contributed by atoms with Crippen LogP contribution in [0.1, 0.15) is 18.1 Å². The van der Waals surface area contributed by atoms with Crippen molar-refractivity contribution in [3.8, 4) is 5.75 Å². The number of nitrogens with two attached hydrogens (primary N) is 1. The van der Waals surface area contributed by atoms with Gasteiger partial charge in [0.1, 0.15) is 5.75 Å². The zero-order valence-corrected chi connectivity index (χ0v) is 8.94. The highest BCUT2D eigenvalue weighted by atomic mass is 16.5. The summed E-state index contributed by atoms with van der Waals surface area (Å²) < 4.78 is 5.50. The lowest BCUT2D eigenvalue weighted by Gasteiger charge is -2.09. The molecule has 0 aliphatic heterocycles. The second-order valence-corrected chi connectivity index (χ2v) is 3.07. The minimum absolute atomic E-state index is 0.661. The van der Waals surface area contributed by atoms with Crippen molar-refractivity contribution in [3.63, 3.8) is 0 Å². The van der Waals surface area contributed by atoms with E-state index in [2.05, 4.69) is 11.7 Å². The average Bonchev–Trinajstić information content (AvgIpc) is 2.23. The van der Waals surface area contributed by atoms with E-state index in [0.29, 0.717) is 6.61 Å². The smallest absolute Gasteiger partial charge is 0.122 e. The molecule has 2 N–H and O–H groups in total. The zero-order valence-electron chi connectivity index (χ0n) is 8.94. The largest absolute Gasteiger partial charge is 0.494 e. The summed E-state index contributed by atoms with van der Waals surface area (Å²) in [5, 5.41) is 3.49. The van der Waals surface area contributed by atoms with E-state index in [1.165, 1.54) is 0 Å². The first-order valence-electron chi connectivity index (χ1n) is 4.91. The number of rotatable bonds is 5. The molecule has 0 aromatic heterocycles. The van der Waals surface area contributed by atoms with E-state index < -0.39 is 0 Å². The Morgan fingerprint density at radius 3 is 2.93 bits per heavy atom. The van der Waals surface area contributed by atoms with Gasteiger partial charge in [0.2, 0.25) is 0 Å². The summed E-state index contributed by atoms with van der Waals surface area (Å²) >= 11 is 0. The molecule has 1 rings (SSSR count). The average molecular weight is 204 g/mol. The van der Waals surface area contributed by atoms with Gasteiger partial charge in [0.15, 0.2) is 0 Å². The Morgan fingerprint density at radius 2 is 2.33 bits per heavy atom. The highest BCUT2D eigenvalue weighted by Gasteiger charge is 2.02. The van der Waals surface area contributed by atoms with Gasteiger partial charge in [-0.1, -0.05) is 6.08 Å². The lowest BCUT2D eigenvalue weighted by Crippen LogP contribution is -1.97. The minimum Gasteiger partial charge on any atom is -0.494 e. The normalized spacial score (nSPS) is 10.5. The molecule has 3 nitrogen and oxygen atoms in total. The molecule has 0 amide bonds. The molecule has 0 bridgehead atoms. The van der Waals surface area contributed by atoms with Gasteiger partial charge in [0.05, 0.1) is 12.8 Å². The fourth-order valence-electron chi connectivity index (χ4n) is 1.38. The summed E-state index contributed by atoms with van der Waals surface area (Å²) in [7, 11) is 0. The van der Waals surface area contributed by atoms with Crippen molar-refractivity contribution in [3.05, 3.63) is 42.0 Å². The first-order chi connectivity index (χ1) is 7.31. The van der Waals surface area contributed by atoms with Crippen LogP contribution < -0.4 is 10.6 Å². The summed E-state index contributed by atoms with van der Waals surface area (Å²) in [6, 6.07) is 5.86. The van der Waals surface area contributed by atoms with Gasteiger partial charge in [-0.05, 0) is 42.7 Å². The third kappa shape index (κ3) is 3.13. The van der Waals surface area contributed by atoms with E-state index in [9.17, 15) is 0 Å².